The fourth-order valence-electron chi connectivity index (χ4n) is 6.24. The van der Waals surface area contributed by atoms with Crippen LogP contribution in [0.1, 0.15) is 66.7 Å². The van der Waals surface area contributed by atoms with E-state index in [2.05, 4.69) is 17.6 Å². The third-order valence-corrected chi connectivity index (χ3v) is 7.75. The molecule has 1 aliphatic carbocycles. The maximum absolute atomic E-state index is 13.8. The number of ether oxygens (including phenoxy) is 2. The smallest absolute Gasteiger partial charge is 0.246 e. The molecule has 0 aromatic rings. The van der Waals surface area contributed by atoms with E-state index in [4.69, 9.17) is 9.47 Å². The van der Waals surface area contributed by atoms with Crippen LogP contribution in [0.3, 0.4) is 0 Å². The molecule has 1 saturated carbocycles. The topological polar surface area (TPSA) is 97.0 Å². The van der Waals surface area contributed by atoms with E-state index in [0.717, 1.165) is 19.3 Å². The van der Waals surface area contributed by atoms with Crippen molar-refractivity contribution in [2.24, 2.45) is 17.8 Å². The number of hydrogen-bond donors (Lipinski definition) is 2. The van der Waals surface area contributed by atoms with Crippen LogP contribution in [-0.2, 0) is 23.9 Å². The first-order valence-corrected chi connectivity index (χ1v) is 13.0. The van der Waals surface area contributed by atoms with Gasteiger partial charge in [0.05, 0.1) is 17.9 Å². The van der Waals surface area contributed by atoms with Gasteiger partial charge in [0.25, 0.3) is 0 Å². The van der Waals surface area contributed by atoms with Gasteiger partial charge in [0.1, 0.15) is 11.6 Å². The molecular weight excluding hydrogens is 434 g/mol. The maximum Gasteiger partial charge on any atom is 0.246 e. The van der Waals surface area contributed by atoms with Crippen molar-refractivity contribution in [3.8, 4) is 0 Å². The van der Waals surface area contributed by atoms with Gasteiger partial charge in [0, 0.05) is 31.3 Å². The molecule has 3 fully saturated rings. The molecule has 0 unspecified atom stereocenters. The summed E-state index contributed by atoms with van der Waals surface area (Å²) in [5.74, 6) is -1.43. The van der Waals surface area contributed by atoms with Crippen LogP contribution < -0.4 is 10.6 Å². The van der Waals surface area contributed by atoms with Gasteiger partial charge in [0.2, 0.25) is 17.7 Å². The molecule has 34 heavy (non-hydrogen) atoms. The summed E-state index contributed by atoms with van der Waals surface area (Å²) < 4.78 is 11.8. The van der Waals surface area contributed by atoms with E-state index >= 15 is 0 Å². The monoisotopic (exact) mass is 475 g/mol. The molecule has 8 heteroatoms. The molecule has 0 radical (unpaired) electrons. The summed E-state index contributed by atoms with van der Waals surface area (Å²) in [7, 11) is 0. The van der Waals surface area contributed by atoms with Crippen molar-refractivity contribution < 1.29 is 23.9 Å². The van der Waals surface area contributed by atoms with E-state index in [-0.39, 0.29) is 23.8 Å². The number of nitrogens with zero attached hydrogens (tertiary/aromatic N) is 1. The first kappa shape index (κ1) is 25.2. The number of rotatable bonds is 8. The number of carbonyl (C=O) groups excluding carboxylic acids is 3. The summed E-state index contributed by atoms with van der Waals surface area (Å²) in [5.41, 5.74) is -1.57. The molecule has 1 spiro atoms. The average Bonchev–Trinajstić information content (AvgIpc) is 3.39. The van der Waals surface area contributed by atoms with Crippen LogP contribution in [0.25, 0.3) is 0 Å². The number of fused-ring (bicyclic) bond motifs is 1. The highest BCUT2D eigenvalue weighted by molar-refractivity contribution is 6.00. The van der Waals surface area contributed by atoms with Gasteiger partial charge in [-0.3, -0.25) is 14.4 Å². The van der Waals surface area contributed by atoms with E-state index in [0.29, 0.717) is 32.1 Å². The van der Waals surface area contributed by atoms with E-state index in [1.54, 1.807) is 4.90 Å². The van der Waals surface area contributed by atoms with Gasteiger partial charge in [-0.05, 0) is 52.9 Å². The lowest BCUT2D eigenvalue weighted by Gasteiger charge is -2.34. The Balaban J connectivity index is 1.59. The summed E-state index contributed by atoms with van der Waals surface area (Å²) >= 11 is 0. The zero-order valence-corrected chi connectivity index (χ0v) is 21.3. The lowest BCUT2D eigenvalue weighted by molar-refractivity contribution is -0.142. The standard InChI is InChI=1S/C26H41N3O5/c1-6-33-15-9-14-29-21(23(31)28-25(3,4)5)26-13-12-18(34-26)19(20(26)24(29)32)22(30)27-17-11-8-7-10-16(17)2/h12-13,16-21H,6-11,14-15H2,1-5H3,(H,27,30)(H,28,31)/t16-,17+,18+,19+,20-,21-,26-/m0/s1. The highest BCUT2D eigenvalue weighted by atomic mass is 16.5. The minimum atomic E-state index is -1.11. The van der Waals surface area contributed by atoms with Gasteiger partial charge in [-0.25, -0.2) is 0 Å². The molecule has 4 rings (SSSR count). The highest BCUT2D eigenvalue weighted by Crippen LogP contribution is 2.55. The van der Waals surface area contributed by atoms with Crippen molar-refractivity contribution in [2.75, 3.05) is 19.8 Å². The third kappa shape index (κ3) is 4.51. The number of nitrogens with one attached hydrogen (secondary N) is 2. The van der Waals surface area contributed by atoms with E-state index < -0.39 is 35.1 Å². The van der Waals surface area contributed by atoms with Crippen molar-refractivity contribution in [3.63, 3.8) is 0 Å². The molecule has 3 amide bonds. The predicted molar refractivity (Wildman–Crippen MR) is 128 cm³/mol. The van der Waals surface area contributed by atoms with Crippen LogP contribution in [0.4, 0.5) is 0 Å². The van der Waals surface area contributed by atoms with Crippen LogP contribution in [-0.4, -0.2) is 71.7 Å². The molecule has 2 bridgehead atoms. The zero-order valence-electron chi connectivity index (χ0n) is 21.3. The van der Waals surface area contributed by atoms with Crippen molar-refractivity contribution in [1.29, 1.82) is 0 Å². The van der Waals surface area contributed by atoms with Crippen LogP contribution in [0.2, 0.25) is 0 Å². The fourth-order valence-corrected chi connectivity index (χ4v) is 6.24. The minimum absolute atomic E-state index is 0.124. The molecule has 0 aromatic carbocycles. The quantitative estimate of drug-likeness (QED) is 0.414. The summed E-state index contributed by atoms with van der Waals surface area (Å²) in [6, 6.07) is -0.683. The van der Waals surface area contributed by atoms with Gasteiger partial charge in [-0.2, -0.15) is 0 Å². The number of hydrogen-bond acceptors (Lipinski definition) is 5. The highest BCUT2D eigenvalue weighted by Gasteiger charge is 2.72. The molecule has 3 heterocycles. The largest absolute Gasteiger partial charge is 0.382 e. The third-order valence-electron chi connectivity index (χ3n) is 7.75. The van der Waals surface area contributed by atoms with Crippen molar-refractivity contribution in [1.82, 2.24) is 15.5 Å². The second-order valence-corrected chi connectivity index (χ2v) is 11.4. The van der Waals surface area contributed by atoms with Gasteiger partial charge < -0.3 is 25.0 Å². The van der Waals surface area contributed by atoms with Gasteiger partial charge in [0.15, 0.2) is 0 Å². The lowest BCUT2D eigenvalue weighted by Crippen LogP contribution is -2.58. The number of amides is 3. The Morgan fingerprint density at radius 1 is 1.24 bits per heavy atom. The Hall–Kier alpha value is -1.93. The summed E-state index contributed by atoms with van der Waals surface area (Å²) in [6.45, 7) is 11.4. The summed E-state index contributed by atoms with van der Waals surface area (Å²) in [5, 5.41) is 6.28. The normalized spacial score (nSPS) is 36.6. The Kier molecular flexibility index (Phi) is 7.11. The van der Waals surface area contributed by atoms with Crippen molar-refractivity contribution in [2.45, 2.75) is 96.1 Å². The van der Waals surface area contributed by atoms with Gasteiger partial charge >= 0.3 is 0 Å². The lowest BCUT2D eigenvalue weighted by atomic mass is 9.73. The summed E-state index contributed by atoms with van der Waals surface area (Å²) in [4.78, 5) is 42.5. The SMILES string of the molecule is CCOCCCN1C(=O)[C@@H]2[C@H](C(=O)N[C@@H]3CCCC[C@@H]3C)[C@H]3C=C[C@@]2(O3)[C@@H]1C(=O)NC(C)(C)C. The second-order valence-electron chi connectivity index (χ2n) is 11.4. The Labute approximate surface area is 203 Å². The number of carbonyl (C=O) groups is 3. The molecule has 190 valence electrons. The number of likely N-dealkylation sites (tertiary alicyclic amines) is 1. The Morgan fingerprint density at radius 3 is 2.65 bits per heavy atom. The molecule has 7 atom stereocenters. The Morgan fingerprint density at radius 2 is 1.97 bits per heavy atom. The van der Waals surface area contributed by atoms with Crippen LogP contribution >= 0.6 is 0 Å². The van der Waals surface area contributed by atoms with E-state index in [9.17, 15) is 14.4 Å². The van der Waals surface area contributed by atoms with Crippen LogP contribution in [0.15, 0.2) is 12.2 Å². The predicted octanol–water partition coefficient (Wildman–Crippen LogP) is 2.17. The Bertz CT molecular complexity index is 837. The van der Waals surface area contributed by atoms with Gasteiger partial charge in [-0.15, -0.1) is 0 Å². The molecule has 8 nitrogen and oxygen atoms in total. The maximum atomic E-state index is 13.8. The molecule has 0 aromatic heterocycles. The van der Waals surface area contributed by atoms with E-state index in [1.165, 1.54) is 6.42 Å². The van der Waals surface area contributed by atoms with Crippen molar-refractivity contribution >= 4 is 17.7 Å². The molecule has 2 saturated heterocycles. The van der Waals surface area contributed by atoms with E-state index in [1.807, 2.05) is 39.8 Å². The van der Waals surface area contributed by atoms with Crippen molar-refractivity contribution in [3.05, 3.63) is 12.2 Å². The molecule has 4 aliphatic rings. The molecule has 2 N–H and O–H groups in total. The second kappa shape index (κ2) is 9.61. The first-order valence-electron chi connectivity index (χ1n) is 13.0. The minimum Gasteiger partial charge on any atom is -0.382 e. The molecule has 3 aliphatic heterocycles. The first-order chi connectivity index (χ1) is 16.1. The zero-order chi connectivity index (χ0) is 24.7. The van der Waals surface area contributed by atoms with Crippen LogP contribution in [0, 0.1) is 17.8 Å². The summed E-state index contributed by atoms with van der Waals surface area (Å²) in [6.07, 6.45) is 8.23. The van der Waals surface area contributed by atoms with Crippen LogP contribution in [0.5, 0.6) is 0 Å². The van der Waals surface area contributed by atoms with Gasteiger partial charge in [-0.1, -0.05) is 31.9 Å². The molecular formula is C26H41N3O5. The fraction of sp³-hybridized carbons (Fsp3) is 0.808. The average molecular weight is 476 g/mol.